The highest BCUT2D eigenvalue weighted by Gasteiger charge is 2.34. The van der Waals surface area contributed by atoms with Crippen molar-refractivity contribution in [1.82, 2.24) is 5.32 Å². The lowest BCUT2D eigenvalue weighted by Crippen LogP contribution is -2.17. The molecule has 1 saturated heterocycles. The van der Waals surface area contributed by atoms with Crippen molar-refractivity contribution in [3.05, 3.63) is 64.1 Å². The maximum absolute atomic E-state index is 13.5. The standard InChI is InChI=1S/C18H12F3NOS3/c1-10-2-5-12(6-3-10)25-14-7-4-11(8-13(14)18(19,20)21)9-15-16(23)22-17(24)26-15/h2-9H,1H3,(H,22,23,24)/b15-9-. The molecule has 1 amide bonds. The van der Waals surface area contributed by atoms with Gasteiger partial charge in [0.05, 0.1) is 10.5 Å². The number of hydrogen-bond acceptors (Lipinski definition) is 4. The maximum atomic E-state index is 13.5. The van der Waals surface area contributed by atoms with Crippen molar-refractivity contribution in [2.45, 2.75) is 22.9 Å². The summed E-state index contributed by atoms with van der Waals surface area (Å²) < 4.78 is 40.8. The number of carbonyl (C=O) groups is 1. The summed E-state index contributed by atoms with van der Waals surface area (Å²) in [5.74, 6) is -0.397. The van der Waals surface area contributed by atoms with Gasteiger partial charge in [0.25, 0.3) is 5.91 Å². The highest BCUT2D eigenvalue weighted by atomic mass is 32.2. The molecule has 0 unspecified atom stereocenters. The van der Waals surface area contributed by atoms with E-state index in [9.17, 15) is 18.0 Å². The van der Waals surface area contributed by atoms with Crippen molar-refractivity contribution in [3.63, 3.8) is 0 Å². The van der Waals surface area contributed by atoms with Crippen molar-refractivity contribution >= 4 is 52.0 Å². The van der Waals surface area contributed by atoms with Gasteiger partial charge in [-0.1, -0.05) is 59.5 Å². The summed E-state index contributed by atoms with van der Waals surface area (Å²) in [7, 11) is 0. The van der Waals surface area contributed by atoms with Gasteiger partial charge in [0, 0.05) is 9.79 Å². The molecular weight excluding hydrogens is 399 g/mol. The molecule has 0 atom stereocenters. The predicted molar refractivity (Wildman–Crippen MR) is 103 cm³/mol. The number of benzene rings is 2. The zero-order valence-electron chi connectivity index (χ0n) is 13.4. The number of nitrogens with one attached hydrogen (secondary N) is 1. The van der Waals surface area contributed by atoms with E-state index in [4.69, 9.17) is 12.2 Å². The van der Waals surface area contributed by atoms with Crippen LogP contribution in [0.15, 0.2) is 57.2 Å². The van der Waals surface area contributed by atoms with Crippen LogP contribution in [-0.4, -0.2) is 10.2 Å². The van der Waals surface area contributed by atoms with Gasteiger partial charge in [0.2, 0.25) is 0 Å². The number of thiocarbonyl (C=S) groups is 1. The van der Waals surface area contributed by atoms with Gasteiger partial charge in [0.1, 0.15) is 4.32 Å². The molecule has 0 radical (unpaired) electrons. The average molecular weight is 411 g/mol. The average Bonchev–Trinajstić information content (AvgIpc) is 2.87. The third-order valence-corrected chi connectivity index (χ3v) is 5.74. The maximum Gasteiger partial charge on any atom is 0.417 e. The number of carbonyl (C=O) groups excluding carboxylic acids is 1. The Labute approximate surface area is 162 Å². The monoisotopic (exact) mass is 411 g/mol. The summed E-state index contributed by atoms with van der Waals surface area (Å²) in [5, 5.41) is 2.44. The Kier molecular flexibility index (Phi) is 5.45. The fraction of sp³-hybridized carbons (Fsp3) is 0.111. The second kappa shape index (κ2) is 7.46. The smallest absolute Gasteiger partial charge is 0.307 e. The van der Waals surface area contributed by atoms with E-state index in [1.165, 1.54) is 12.1 Å². The lowest BCUT2D eigenvalue weighted by Gasteiger charge is -2.13. The minimum atomic E-state index is -4.50. The Morgan fingerprint density at radius 1 is 1.15 bits per heavy atom. The van der Waals surface area contributed by atoms with Crippen LogP contribution in [0.3, 0.4) is 0 Å². The topological polar surface area (TPSA) is 29.1 Å². The Morgan fingerprint density at radius 3 is 2.42 bits per heavy atom. The summed E-state index contributed by atoms with van der Waals surface area (Å²) in [5.41, 5.74) is 0.606. The number of aryl methyl sites for hydroxylation is 1. The molecule has 0 aromatic heterocycles. The van der Waals surface area contributed by atoms with Crippen molar-refractivity contribution in [2.24, 2.45) is 0 Å². The van der Waals surface area contributed by atoms with Crippen LogP contribution < -0.4 is 5.32 Å². The van der Waals surface area contributed by atoms with Gasteiger partial charge in [0.15, 0.2) is 0 Å². The lowest BCUT2D eigenvalue weighted by atomic mass is 10.1. The van der Waals surface area contributed by atoms with E-state index in [1.807, 2.05) is 19.1 Å². The van der Waals surface area contributed by atoms with E-state index in [-0.39, 0.29) is 9.80 Å². The van der Waals surface area contributed by atoms with Gasteiger partial charge < -0.3 is 5.32 Å². The molecule has 0 spiro atoms. The van der Waals surface area contributed by atoms with Gasteiger partial charge in [-0.15, -0.1) is 0 Å². The molecule has 1 aliphatic rings. The quantitative estimate of drug-likeness (QED) is 0.522. The molecule has 3 rings (SSSR count). The fourth-order valence-electron chi connectivity index (χ4n) is 2.25. The molecule has 0 saturated carbocycles. The number of thioether (sulfide) groups is 1. The molecule has 134 valence electrons. The Bertz CT molecular complexity index is 905. The number of amides is 1. The van der Waals surface area contributed by atoms with E-state index in [2.05, 4.69) is 5.32 Å². The zero-order valence-corrected chi connectivity index (χ0v) is 15.8. The number of alkyl halides is 3. The molecular formula is C18H12F3NOS3. The molecule has 26 heavy (non-hydrogen) atoms. The SMILES string of the molecule is Cc1ccc(Sc2ccc(/C=C3\SC(=S)NC3=O)cc2C(F)(F)F)cc1. The second-order valence-corrected chi connectivity index (χ2v) is 8.35. The van der Waals surface area contributed by atoms with E-state index in [0.29, 0.717) is 9.88 Å². The molecule has 2 aromatic rings. The molecule has 2 nitrogen and oxygen atoms in total. The summed E-state index contributed by atoms with van der Waals surface area (Å²) in [6.07, 6.45) is -3.09. The van der Waals surface area contributed by atoms with E-state index >= 15 is 0 Å². The van der Waals surface area contributed by atoms with Crippen molar-refractivity contribution in [2.75, 3.05) is 0 Å². The normalized spacial score (nSPS) is 16.2. The van der Waals surface area contributed by atoms with Crippen LogP contribution in [0.2, 0.25) is 0 Å². The second-order valence-electron chi connectivity index (χ2n) is 5.52. The third-order valence-electron chi connectivity index (χ3n) is 3.50. The molecule has 1 aliphatic heterocycles. The van der Waals surface area contributed by atoms with Crippen molar-refractivity contribution in [3.8, 4) is 0 Å². The van der Waals surface area contributed by atoms with Crippen molar-refractivity contribution < 1.29 is 18.0 Å². The zero-order chi connectivity index (χ0) is 18.9. The summed E-state index contributed by atoms with van der Waals surface area (Å²) in [6.45, 7) is 1.92. The third kappa shape index (κ3) is 4.49. The minimum Gasteiger partial charge on any atom is -0.307 e. The van der Waals surface area contributed by atoms with Crippen LogP contribution in [0.5, 0.6) is 0 Å². The highest BCUT2D eigenvalue weighted by Crippen LogP contribution is 2.40. The molecule has 0 aliphatic carbocycles. The van der Waals surface area contributed by atoms with E-state index in [0.717, 1.165) is 40.0 Å². The minimum absolute atomic E-state index is 0.113. The summed E-state index contributed by atoms with van der Waals surface area (Å²) in [4.78, 5) is 12.8. The molecule has 1 heterocycles. The molecule has 1 N–H and O–H groups in total. The van der Waals surface area contributed by atoms with Crippen LogP contribution >= 0.6 is 35.7 Å². The van der Waals surface area contributed by atoms with Gasteiger partial charge in [-0.2, -0.15) is 13.2 Å². The first-order chi connectivity index (χ1) is 12.2. The van der Waals surface area contributed by atoms with Crippen molar-refractivity contribution in [1.29, 1.82) is 0 Å². The summed E-state index contributed by atoms with van der Waals surface area (Å²) in [6, 6.07) is 11.3. The molecule has 0 bridgehead atoms. The van der Waals surface area contributed by atoms with Gasteiger partial charge in [-0.3, -0.25) is 4.79 Å². The van der Waals surface area contributed by atoms with E-state index < -0.39 is 17.6 Å². The Morgan fingerprint density at radius 2 is 1.85 bits per heavy atom. The first-order valence-electron chi connectivity index (χ1n) is 7.43. The Balaban J connectivity index is 1.96. The highest BCUT2D eigenvalue weighted by molar-refractivity contribution is 8.26. The van der Waals surface area contributed by atoms with Gasteiger partial charge >= 0.3 is 6.18 Å². The van der Waals surface area contributed by atoms with Crippen LogP contribution in [-0.2, 0) is 11.0 Å². The molecule has 8 heteroatoms. The molecule has 1 fully saturated rings. The Hall–Kier alpha value is -1.77. The molecule has 2 aromatic carbocycles. The number of halogens is 3. The van der Waals surface area contributed by atoms with Crippen LogP contribution in [0.25, 0.3) is 6.08 Å². The predicted octanol–water partition coefficient (Wildman–Crippen LogP) is 5.65. The summed E-state index contributed by atoms with van der Waals surface area (Å²) >= 11 is 6.98. The fourth-order valence-corrected chi connectivity index (χ4v) is 4.24. The first-order valence-corrected chi connectivity index (χ1v) is 9.47. The van der Waals surface area contributed by atoms with Crippen LogP contribution in [0.4, 0.5) is 13.2 Å². The first kappa shape index (κ1) is 19.0. The van der Waals surface area contributed by atoms with Crippen LogP contribution in [0.1, 0.15) is 16.7 Å². The van der Waals surface area contributed by atoms with Gasteiger partial charge in [-0.05, 0) is 42.8 Å². The van der Waals surface area contributed by atoms with Gasteiger partial charge in [-0.25, -0.2) is 0 Å². The lowest BCUT2D eigenvalue weighted by molar-refractivity contribution is -0.139. The number of rotatable bonds is 3. The number of hydrogen-bond donors (Lipinski definition) is 1. The van der Waals surface area contributed by atoms with Crippen LogP contribution in [0, 0.1) is 6.92 Å². The van der Waals surface area contributed by atoms with E-state index in [1.54, 1.807) is 18.2 Å². The largest absolute Gasteiger partial charge is 0.417 e.